The van der Waals surface area contributed by atoms with Crippen LogP contribution in [0.25, 0.3) is 0 Å². The first-order valence-corrected chi connectivity index (χ1v) is 10.8. The molecule has 0 N–H and O–H groups in total. The summed E-state index contributed by atoms with van der Waals surface area (Å²) in [4.78, 5) is 3.11. The van der Waals surface area contributed by atoms with Crippen LogP contribution in [0, 0.1) is 23.7 Å². The minimum atomic E-state index is 0.901. The topological polar surface area (TPSA) is 3.24 Å². The monoisotopic (exact) mass is 319 g/mol. The second kappa shape index (κ2) is 7.89. The molecule has 0 heterocycles. The van der Waals surface area contributed by atoms with Crippen molar-refractivity contribution in [2.45, 2.75) is 116 Å². The Labute approximate surface area is 145 Å². The van der Waals surface area contributed by atoms with Gasteiger partial charge in [0, 0.05) is 18.1 Å². The maximum Gasteiger partial charge on any atom is 0.0104 e. The van der Waals surface area contributed by atoms with Gasteiger partial charge in [-0.2, -0.15) is 0 Å². The fourth-order valence-electron chi connectivity index (χ4n) is 5.77. The molecule has 0 aromatic carbocycles. The number of hydrogen-bond donors (Lipinski definition) is 0. The molecule has 3 unspecified atom stereocenters. The van der Waals surface area contributed by atoms with Crippen LogP contribution in [0.2, 0.25) is 0 Å². The Kier molecular flexibility index (Phi) is 6.10. The van der Waals surface area contributed by atoms with Crippen molar-refractivity contribution in [1.29, 1.82) is 0 Å². The van der Waals surface area contributed by atoms with E-state index in [2.05, 4.69) is 32.6 Å². The third-order valence-corrected chi connectivity index (χ3v) is 7.81. The molecule has 0 aromatic heterocycles. The predicted molar refractivity (Wildman–Crippen MR) is 101 cm³/mol. The second-order valence-corrected chi connectivity index (χ2v) is 9.70. The molecule has 0 saturated heterocycles. The highest BCUT2D eigenvalue weighted by molar-refractivity contribution is 4.92. The molecule has 0 aliphatic heterocycles. The number of rotatable bonds is 3. The van der Waals surface area contributed by atoms with E-state index in [1.54, 1.807) is 0 Å². The van der Waals surface area contributed by atoms with Crippen molar-refractivity contribution in [3.8, 4) is 0 Å². The SMILES string of the molecule is CC1CCC(N(C2CCC(C)CC2)C2CCC(C)C(C)C2)CC1. The molecule has 0 radical (unpaired) electrons. The standard InChI is InChI=1S/C22H41N/c1-16-5-10-20(11-6-16)23(21-12-7-17(2)8-13-21)22-14-9-18(3)19(4)15-22/h16-22H,5-15H2,1-4H3. The lowest BCUT2D eigenvalue weighted by Crippen LogP contribution is -2.53. The first kappa shape index (κ1) is 17.8. The normalized spacial score (nSPS) is 46.0. The summed E-state index contributed by atoms with van der Waals surface area (Å²) >= 11 is 0. The van der Waals surface area contributed by atoms with Gasteiger partial charge in [-0.3, -0.25) is 4.90 Å². The first-order valence-electron chi connectivity index (χ1n) is 10.8. The molecule has 3 saturated carbocycles. The van der Waals surface area contributed by atoms with Crippen LogP contribution < -0.4 is 0 Å². The molecule has 3 fully saturated rings. The summed E-state index contributed by atoms with van der Waals surface area (Å²) in [6.07, 6.45) is 16.2. The molecule has 23 heavy (non-hydrogen) atoms. The van der Waals surface area contributed by atoms with Crippen molar-refractivity contribution in [2.24, 2.45) is 23.7 Å². The zero-order valence-corrected chi connectivity index (χ0v) is 16.3. The fourth-order valence-corrected chi connectivity index (χ4v) is 5.77. The van der Waals surface area contributed by atoms with Crippen LogP contribution in [-0.2, 0) is 0 Å². The van der Waals surface area contributed by atoms with Crippen LogP contribution in [0.5, 0.6) is 0 Å². The minimum absolute atomic E-state index is 0.901. The van der Waals surface area contributed by atoms with Crippen LogP contribution >= 0.6 is 0 Å². The summed E-state index contributed by atoms with van der Waals surface area (Å²) in [6.45, 7) is 9.93. The molecule has 134 valence electrons. The molecule has 0 aromatic rings. The van der Waals surface area contributed by atoms with Gasteiger partial charge in [0.25, 0.3) is 0 Å². The van der Waals surface area contributed by atoms with Crippen molar-refractivity contribution in [2.75, 3.05) is 0 Å². The Balaban J connectivity index is 1.70. The van der Waals surface area contributed by atoms with E-state index in [9.17, 15) is 0 Å². The Hall–Kier alpha value is -0.0400. The smallest absolute Gasteiger partial charge is 0.0104 e. The average molecular weight is 320 g/mol. The van der Waals surface area contributed by atoms with Crippen molar-refractivity contribution in [3.05, 3.63) is 0 Å². The number of hydrogen-bond acceptors (Lipinski definition) is 1. The van der Waals surface area contributed by atoms with Crippen molar-refractivity contribution in [1.82, 2.24) is 4.90 Å². The van der Waals surface area contributed by atoms with Gasteiger partial charge in [-0.05, 0) is 94.3 Å². The van der Waals surface area contributed by atoms with Gasteiger partial charge >= 0.3 is 0 Å². The highest BCUT2D eigenvalue weighted by Crippen LogP contribution is 2.40. The Morgan fingerprint density at radius 2 is 0.913 bits per heavy atom. The molecule has 1 nitrogen and oxygen atoms in total. The molecular formula is C22H41N. The third-order valence-electron chi connectivity index (χ3n) is 7.81. The van der Waals surface area contributed by atoms with E-state index in [4.69, 9.17) is 0 Å². The summed E-state index contributed by atoms with van der Waals surface area (Å²) in [6, 6.07) is 2.73. The van der Waals surface area contributed by atoms with Crippen molar-refractivity contribution in [3.63, 3.8) is 0 Å². The fraction of sp³-hybridized carbons (Fsp3) is 1.00. The maximum atomic E-state index is 3.11. The van der Waals surface area contributed by atoms with Gasteiger partial charge in [-0.25, -0.2) is 0 Å². The van der Waals surface area contributed by atoms with Crippen LogP contribution in [0.3, 0.4) is 0 Å². The minimum Gasteiger partial charge on any atom is -0.294 e. The summed E-state index contributed by atoms with van der Waals surface area (Å²) in [7, 11) is 0. The van der Waals surface area contributed by atoms with E-state index in [0.717, 1.165) is 41.8 Å². The van der Waals surface area contributed by atoms with Gasteiger partial charge in [-0.1, -0.05) is 27.7 Å². The lowest BCUT2D eigenvalue weighted by atomic mass is 9.75. The molecule has 0 bridgehead atoms. The van der Waals surface area contributed by atoms with Gasteiger partial charge in [0.2, 0.25) is 0 Å². The molecule has 0 spiro atoms. The summed E-state index contributed by atoms with van der Waals surface area (Å²) in [5.74, 6) is 3.83. The summed E-state index contributed by atoms with van der Waals surface area (Å²) in [5.41, 5.74) is 0. The van der Waals surface area contributed by atoms with Crippen molar-refractivity contribution >= 4 is 0 Å². The largest absolute Gasteiger partial charge is 0.294 e. The van der Waals surface area contributed by atoms with Crippen LogP contribution in [0.1, 0.15) is 98.3 Å². The van der Waals surface area contributed by atoms with Gasteiger partial charge in [0.05, 0.1) is 0 Å². The van der Waals surface area contributed by atoms with Crippen LogP contribution in [-0.4, -0.2) is 23.0 Å². The van der Waals surface area contributed by atoms with E-state index >= 15 is 0 Å². The Morgan fingerprint density at radius 1 is 0.478 bits per heavy atom. The molecule has 3 rings (SSSR count). The lowest BCUT2D eigenvalue weighted by Gasteiger charge is -2.50. The van der Waals surface area contributed by atoms with E-state index in [1.807, 2.05) is 0 Å². The van der Waals surface area contributed by atoms with Gasteiger partial charge < -0.3 is 0 Å². The van der Waals surface area contributed by atoms with Gasteiger partial charge in [-0.15, -0.1) is 0 Å². The van der Waals surface area contributed by atoms with Crippen molar-refractivity contribution < 1.29 is 0 Å². The molecule has 3 aliphatic carbocycles. The summed E-state index contributed by atoms with van der Waals surface area (Å²) in [5, 5.41) is 0. The van der Waals surface area contributed by atoms with E-state index in [1.165, 1.54) is 70.6 Å². The maximum absolute atomic E-state index is 3.11. The summed E-state index contributed by atoms with van der Waals surface area (Å²) < 4.78 is 0. The van der Waals surface area contributed by atoms with E-state index in [0.29, 0.717) is 0 Å². The predicted octanol–water partition coefficient (Wildman–Crippen LogP) is 6.27. The third kappa shape index (κ3) is 4.33. The Bertz CT molecular complexity index is 327. The zero-order chi connectivity index (χ0) is 16.4. The molecule has 1 heteroatoms. The lowest BCUT2D eigenvalue weighted by molar-refractivity contribution is -0.00350. The highest BCUT2D eigenvalue weighted by atomic mass is 15.2. The quantitative estimate of drug-likeness (QED) is 0.592. The van der Waals surface area contributed by atoms with Crippen LogP contribution in [0.4, 0.5) is 0 Å². The molecule has 0 amide bonds. The Morgan fingerprint density at radius 3 is 1.35 bits per heavy atom. The van der Waals surface area contributed by atoms with Gasteiger partial charge in [0.1, 0.15) is 0 Å². The first-order chi connectivity index (χ1) is 11.0. The zero-order valence-electron chi connectivity index (χ0n) is 16.3. The van der Waals surface area contributed by atoms with Crippen LogP contribution in [0.15, 0.2) is 0 Å². The highest BCUT2D eigenvalue weighted by Gasteiger charge is 2.38. The molecule has 3 aliphatic rings. The van der Waals surface area contributed by atoms with E-state index < -0.39 is 0 Å². The average Bonchev–Trinajstić information content (AvgIpc) is 2.55. The molecule has 3 atom stereocenters. The van der Waals surface area contributed by atoms with E-state index in [-0.39, 0.29) is 0 Å². The molecular weight excluding hydrogens is 278 g/mol. The van der Waals surface area contributed by atoms with Gasteiger partial charge in [0.15, 0.2) is 0 Å². The number of nitrogens with zero attached hydrogens (tertiary/aromatic N) is 1. The second-order valence-electron chi connectivity index (χ2n) is 9.70.